The summed E-state index contributed by atoms with van der Waals surface area (Å²) in [5.41, 5.74) is -1.03. The smallest absolute Gasteiger partial charge is 0.334 e. The highest BCUT2D eigenvalue weighted by Crippen LogP contribution is 2.26. The number of aliphatic carboxylic acids is 1. The van der Waals surface area contributed by atoms with E-state index in [1.54, 1.807) is 37.3 Å². The molecule has 1 atom stereocenters. The van der Waals surface area contributed by atoms with E-state index in [2.05, 4.69) is 5.32 Å². The lowest BCUT2D eigenvalue weighted by atomic mass is 9.87. The molecule has 1 amide bonds. The van der Waals surface area contributed by atoms with E-state index in [1.165, 1.54) is 0 Å². The maximum Gasteiger partial charge on any atom is 0.334 e. The summed E-state index contributed by atoms with van der Waals surface area (Å²) in [6.07, 6.45) is -0.0295. The van der Waals surface area contributed by atoms with Crippen molar-refractivity contribution in [3.05, 3.63) is 71.3 Å². The first-order valence-corrected chi connectivity index (χ1v) is 7.93. The van der Waals surface area contributed by atoms with Crippen LogP contribution in [0.25, 0.3) is 0 Å². The van der Waals surface area contributed by atoms with Gasteiger partial charge in [-0.15, -0.1) is 0 Å². The number of halogens is 2. The van der Waals surface area contributed by atoms with Gasteiger partial charge < -0.3 is 10.4 Å². The van der Waals surface area contributed by atoms with E-state index in [1.807, 2.05) is 0 Å². The Balaban J connectivity index is 2.15. The number of carbonyl (C=O) groups excluding carboxylic acids is 1. The Morgan fingerprint density at radius 2 is 1.80 bits per heavy atom. The fourth-order valence-corrected chi connectivity index (χ4v) is 2.70. The van der Waals surface area contributed by atoms with Crippen LogP contribution in [-0.2, 0) is 21.5 Å². The van der Waals surface area contributed by atoms with Gasteiger partial charge in [0.25, 0.3) is 0 Å². The van der Waals surface area contributed by atoms with Gasteiger partial charge in [0.1, 0.15) is 11.6 Å². The average molecular weight is 347 g/mol. The molecule has 1 unspecified atom stereocenters. The molecule has 0 saturated carbocycles. The maximum absolute atomic E-state index is 13.6. The van der Waals surface area contributed by atoms with Crippen LogP contribution in [0.2, 0.25) is 0 Å². The normalized spacial score (nSPS) is 13.1. The minimum Gasteiger partial charge on any atom is -0.479 e. The van der Waals surface area contributed by atoms with Crippen LogP contribution in [0.3, 0.4) is 0 Å². The molecule has 0 aliphatic rings. The van der Waals surface area contributed by atoms with E-state index in [0.717, 1.165) is 18.2 Å². The van der Waals surface area contributed by atoms with Crippen molar-refractivity contribution in [1.82, 2.24) is 5.32 Å². The summed E-state index contributed by atoms with van der Waals surface area (Å²) >= 11 is 0. The molecule has 0 heterocycles. The van der Waals surface area contributed by atoms with Crippen molar-refractivity contribution in [2.75, 3.05) is 0 Å². The molecule has 132 valence electrons. The van der Waals surface area contributed by atoms with Crippen molar-refractivity contribution >= 4 is 11.9 Å². The second-order valence-electron chi connectivity index (χ2n) is 5.71. The van der Waals surface area contributed by atoms with Gasteiger partial charge in [-0.3, -0.25) is 4.79 Å². The van der Waals surface area contributed by atoms with Crippen molar-refractivity contribution < 1.29 is 23.5 Å². The summed E-state index contributed by atoms with van der Waals surface area (Å²) in [6, 6.07) is 11.4. The SMILES string of the molecule is CCC(NC(=O)CCc1cc(F)ccc1F)(C(=O)O)c1ccccc1. The molecule has 0 aliphatic heterocycles. The molecule has 2 N–H and O–H groups in total. The van der Waals surface area contributed by atoms with Crippen LogP contribution in [0.1, 0.15) is 30.9 Å². The zero-order valence-electron chi connectivity index (χ0n) is 13.8. The molecule has 2 aromatic carbocycles. The molecule has 4 nitrogen and oxygen atoms in total. The molecular weight excluding hydrogens is 328 g/mol. The number of rotatable bonds is 7. The first-order chi connectivity index (χ1) is 11.9. The Kier molecular flexibility index (Phi) is 5.85. The predicted octanol–water partition coefficient (Wildman–Crippen LogP) is 3.40. The highest BCUT2D eigenvalue weighted by molar-refractivity contribution is 5.88. The Bertz CT molecular complexity index is 765. The second-order valence-corrected chi connectivity index (χ2v) is 5.71. The fraction of sp³-hybridized carbons (Fsp3) is 0.263. The number of aryl methyl sites for hydroxylation is 1. The zero-order chi connectivity index (χ0) is 18.4. The number of carboxylic acids is 1. The molecule has 0 spiro atoms. The Morgan fingerprint density at radius 3 is 2.40 bits per heavy atom. The van der Waals surface area contributed by atoms with Crippen LogP contribution in [0, 0.1) is 11.6 Å². The number of nitrogens with one attached hydrogen (secondary N) is 1. The van der Waals surface area contributed by atoms with Crippen molar-refractivity contribution in [1.29, 1.82) is 0 Å². The van der Waals surface area contributed by atoms with E-state index < -0.39 is 29.0 Å². The first-order valence-electron chi connectivity index (χ1n) is 7.93. The summed E-state index contributed by atoms with van der Waals surface area (Å²) < 4.78 is 26.8. The predicted molar refractivity (Wildman–Crippen MR) is 88.9 cm³/mol. The molecular formula is C19H19F2NO3. The number of hydrogen-bond acceptors (Lipinski definition) is 2. The van der Waals surface area contributed by atoms with Crippen molar-refractivity contribution in [3.63, 3.8) is 0 Å². The summed E-state index contributed by atoms with van der Waals surface area (Å²) in [6.45, 7) is 1.66. The van der Waals surface area contributed by atoms with Gasteiger partial charge in [0.15, 0.2) is 5.54 Å². The van der Waals surface area contributed by atoms with Gasteiger partial charge in [-0.1, -0.05) is 37.3 Å². The topological polar surface area (TPSA) is 66.4 Å². The quantitative estimate of drug-likeness (QED) is 0.807. The number of carbonyl (C=O) groups is 2. The molecule has 2 rings (SSSR count). The number of benzene rings is 2. The standard InChI is InChI=1S/C19H19F2NO3/c1-2-19(18(24)25,14-6-4-3-5-7-14)22-17(23)11-8-13-12-15(20)9-10-16(13)21/h3-7,9-10,12H,2,8,11H2,1H3,(H,22,23)(H,24,25). The number of carboxylic acid groups (broad SMARTS) is 1. The summed E-state index contributed by atoms with van der Waals surface area (Å²) in [5.74, 6) is -2.91. The molecule has 0 aliphatic carbocycles. The number of hydrogen-bond donors (Lipinski definition) is 2. The van der Waals surface area contributed by atoms with Crippen molar-refractivity contribution in [2.45, 2.75) is 31.7 Å². The number of amides is 1. The molecule has 0 fully saturated rings. The highest BCUT2D eigenvalue weighted by Gasteiger charge is 2.39. The Morgan fingerprint density at radius 1 is 1.12 bits per heavy atom. The third-order valence-corrected chi connectivity index (χ3v) is 4.14. The lowest BCUT2D eigenvalue weighted by molar-refractivity contribution is -0.148. The maximum atomic E-state index is 13.6. The van der Waals surface area contributed by atoms with Crippen LogP contribution < -0.4 is 5.32 Å². The fourth-order valence-electron chi connectivity index (χ4n) is 2.70. The lowest BCUT2D eigenvalue weighted by Gasteiger charge is -2.30. The van der Waals surface area contributed by atoms with Crippen LogP contribution in [0.15, 0.2) is 48.5 Å². The van der Waals surface area contributed by atoms with Crippen LogP contribution >= 0.6 is 0 Å². The van der Waals surface area contributed by atoms with Crippen LogP contribution in [0.5, 0.6) is 0 Å². The van der Waals surface area contributed by atoms with Gasteiger partial charge >= 0.3 is 5.97 Å². The molecule has 0 bridgehead atoms. The first kappa shape index (κ1) is 18.6. The van der Waals surface area contributed by atoms with Crippen LogP contribution in [-0.4, -0.2) is 17.0 Å². The van der Waals surface area contributed by atoms with Crippen molar-refractivity contribution in [3.8, 4) is 0 Å². The Labute approximate surface area is 144 Å². The third kappa shape index (κ3) is 4.21. The largest absolute Gasteiger partial charge is 0.479 e. The van der Waals surface area contributed by atoms with E-state index in [4.69, 9.17) is 0 Å². The minimum atomic E-state index is -1.56. The highest BCUT2D eigenvalue weighted by atomic mass is 19.1. The molecule has 0 saturated heterocycles. The van der Waals surface area contributed by atoms with E-state index in [9.17, 15) is 23.5 Å². The second kappa shape index (κ2) is 7.88. The van der Waals surface area contributed by atoms with Gasteiger partial charge in [-0.2, -0.15) is 0 Å². The summed E-state index contributed by atoms with van der Waals surface area (Å²) in [5, 5.41) is 12.2. The Hall–Kier alpha value is -2.76. The average Bonchev–Trinajstić information content (AvgIpc) is 2.61. The van der Waals surface area contributed by atoms with Gasteiger partial charge in [-0.25, -0.2) is 13.6 Å². The van der Waals surface area contributed by atoms with Gasteiger partial charge in [0, 0.05) is 6.42 Å². The summed E-state index contributed by atoms with van der Waals surface area (Å²) in [7, 11) is 0. The van der Waals surface area contributed by atoms with Gasteiger partial charge in [-0.05, 0) is 42.2 Å². The third-order valence-electron chi connectivity index (χ3n) is 4.14. The van der Waals surface area contributed by atoms with Gasteiger partial charge in [0.2, 0.25) is 5.91 Å². The molecule has 2 aromatic rings. The van der Waals surface area contributed by atoms with E-state index in [0.29, 0.717) is 5.56 Å². The monoisotopic (exact) mass is 347 g/mol. The zero-order valence-corrected chi connectivity index (χ0v) is 13.8. The van der Waals surface area contributed by atoms with E-state index >= 15 is 0 Å². The molecule has 0 aromatic heterocycles. The van der Waals surface area contributed by atoms with Crippen molar-refractivity contribution in [2.24, 2.45) is 0 Å². The van der Waals surface area contributed by atoms with Crippen LogP contribution in [0.4, 0.5) is 8.78 Å². The summed E-state index contributed by atoms with van der Waals surface area (Å²) in [4.78, 5) is 24.1. The molecule has 0 radical (unpaired) electrons. The van der Waals surface area contributed by atoms with Gasteiger partial charge in [0.05, 0.1) is 0 Å². The minimum absolute atomic E-state index is 0.0242. The lowest BCUT2D eigenvalue weighted by Crippen LogP contribution is -2.51. The van der Waals surface area contributed by atoms with E-state index in [-0.39, 0.29) is 24.8 Å². The molecule has 25 heavy (non-hydrogen) atoms. The molecule has 6 heteroatoms.